The fourth-order valence-corrected chi connectivity index (χ4v) is 3.15. The minimum Gasteiger partial charge on any atom is -0.404 e. The number of amides is 2. The molecule has 0 atom stereocenters. The molecule has 1 aromatic heterocycles. The van der Waals surface area contributed by atoms with Gasteiger partial charge in [-0.3, -0.25) is 19.6 Å². The number of hydrogen-bond acceptors (Lipinski definition) is 6. The van der Waals surface area contributed by atoms with Gasteiger partial charge >= 0.3 is 6.18 Å². The number of aromatic nitrogens is 1. The molecule has 0 aliphatic heterocycles. The highest BCUT2D eigenvalue weighted by Crippen LogP contribution is 2.37. The standard InChI is InChI=1S/C23H21F5N6O2/c1-2-30-10-13(9-29)20(35)34-22(5-6-22)21(36)32-12-19-17(25)8-15(11-31-19)33-18-4-3-14(24)7-16(18)23(26,27)28/h2-4,7-11,33H,1,5-6,12,29H2,(H,32,36)(H,34,35)/b13-9+,30-10?. The van der Waals surface area contributed by atoms with Gasteiger partial charge in [-0.05, 0) is 31.0 Å². The van der Waals surface area contributed by atoms with E-state index < -0.39 is 46.4 Å². The van der Waals surface area contributed by atoms with Crippen molar-refractivity contribution in [3.05, 3.63) is 77.9 Å². The second-order valence-electron chi connectivity index (χ2n) is 7.77. The van der Waals surface area contributed by atoms with Gasteiger partial charge in [0.25, 0.3) is 5.91 Å². The molecule has 2 aromatic rings. The Bertz CT molecular complexity index is 1240. The maximum atomic E-state index is 14.5. The molecular formula is C23H21F5N6O2. The van der Waals surface area contributed by atoms with Crippen LogP contribution < -0.4 is 21.7 Å². The number of nitrogens with two attached hydrogens (primary N) is 1. The number of carbonyl (C=O) groups is 2. The summed E-state index contributed by atoms with van der Waals surface area (Å²) in [5, 5.41) is 7.42. The Morgan fingerprint density at radius 1 is 1.22 bits per heavy atom. The topological polar surface area (TPSA) is 121 Å². The Kier molecular flexibility index (Phi) is 7.71. The number of hydrogen-bond donors (Lipinski definition) is 4. The van der Waals surface area contributed by atoms with Crippen molar-refractivity contribution in [2.24, 2.45) is 10.7 Å². The van der Waals surface area contributed by atoms with Crippen LogP contribution in [0.25, 0.3) is 0 Å². The predicted octanol–water partition coefficient (Wildman–Crippen LogP) is 3.44. The van der Waals surface area contributed by atoms with E-state index in [1.54, 1.807) is 0 Å². The van der Waals surface area contributed by atoms with Crippen LogP contribution in [0.3, 0.4) is 0 Å². The van der Waals surface area contributed by atoms with E-state index in [0.29, 0.717) is 18.9 Å². The summed E-state index contributed by atoms with van der Waals surface area (Å²) in [6.07, 6.45) is 0.323. The van der Waals surface area contributed by atoms with Gasteiger partial charge in [0.1, 0.15) is 17.2 Å². The second-order valence-corrected chi connectivity index (χ2v) is 7.77. The van der Waals surface area contributed by atoms with Crippen molar-refractivity contribution in [3.63, 3.8) is 0 Å². The third-order valence-electron chi connectivity index (χ3n) is 5.20. The molecule has 1 heterocycles. The molecule has 36 heavy (non-hydrogen) atoms. The molecule has 5 N–H and O–H groups in total. The monoisotopic (exact) mass is 508 g/mol. The lowest BCUT2D eigenvalue weighted by Gasteiger charge is -2.18. The number of nitrogens with one attached hydrogen (secondary N) is 3. The Morgan fingerprint density at radius 3 is 2.53 bits per heavy atom. The maximum absolute atomic E-state index is 14.5. The zero-order chi connectivity index (χ0) is 26.5. The number of carbonyl (C=O) groups excluding carboxylic acids is 2. The Hall–Kier alpha value is -4.29. The Morgan fingerprint density at radius 2 is 1.94 bits per heavy atom. The molecule has 3 rings (SSSR count). The fraction of sp³-hybridized carbons (Fsp3) is 0.217. The number of pyridine rings is 1. The summed E-state index contributed by atoms with van der Waals surface area (Å²) in [5.41, 5.74) is 2.17. The first-order valence-electron chi connectivity index (χ1n) is 10.4. The van der Waals surface area contributed by atoms with Crippen molar-refractivity contribution in [1.82, 2.24) is 15.6 Å². The van der Waals surface area contributed by atoms with Crippen molar-refractivity contribution in [2.45, 2.75) is 31.1 Å². The van der Waals surface area contributed by atoms with Crippen LogP contribution in [-0.4, -0.2) is 28.6 Å². The van der Waals surface area contributed by atoms with Crippen LogP contribution in [0.5, 0.6) is 0 Å². The number of rotatable bonds is 9. The van der Waals surface area contributed by atoms with E-state index in [0.717, 1.165) is 30.6 Å². The number of anilines is 2. The van der Waals surface area contributed by atoms with Crippen LogP contribution in [0.4, 0.5) is 33.3 Å². The quantitative estimate of drug-likeness (QED) is 0.235. The highest BCUT2D eigenvalue weighted by Gasteiger charge is 2.51. The van der Waals surface area contributed by atoms with Gasteiger partial charge in [0.2, 0.25) is 5.91 Å². The first-order chi connectivity index (χ1) is 17.0. The average Bonchev–Trinajstić information content (AvgIpc) is 3.60. The van der Waals surface area contributed by atoms with Crippen LogP contribution in [0.1, 0.15) is 24.1 Å². The molecule has 13 heteroatoms. The van der Waals surface area contributed by atoms with Gasteiger partial charge in [-0.15, -0.1) is 0 Å². The van der Waals surface area contributed by atoms with Crippen LogP contribution in [-0.2, 0) is 22.3 Å². The minimum atomic E-state index is -4.84. The van der Waals surface area contributed by atoms with E-state index in [9.17, 15) is 31.5 Å². The Labute approximate surface area is 202 Å². The van der Waals surface area contributed by atoms with Crippen LogP contribution in [0, 0.1) is 11.6 Å². The average molecular weight is 508 g/mol. The molecular weight excluding hydrogens is 487 g/mol. The van der Waals surface area contributed by atoms with Gasteiger partial charge < -0.3 is 21.7 Å². The van der Waals surface area contributed by atoms with E-state index in [1.165, 1.54) is 12.4 Å². The number of halogens is 5. The summed E-state index contributed by atoms with van der Waals surface area (Å²) < 4.78 is 67.3. The summed E-state index contributed by atoms with van der Waals surface area (Å²) in [5.74, 6) is -3.18. The molecule has 2 amide bonds. The SMILES string of the molecule is C=CN=C/C(=C\N)C(=O)NC1(C(=O)NCc2ncc(Nc3ccc(F)cc3C(F)(F)F)cc2F)CC1. The van der Waals surface area contributed by atoms with Gasteiger partial charge in [-0.2, -0.15) is 13.2 Å². The molecule has 8 nitrogen and oxygen atoms in total. The maximum Gasteiger partial charge on any atom is 0.418 e. The zero-order valence-corrected chi connectivity index (χ0v) is 18.6. The van der Waals surface area contributed by atoms with E-state index in [2.05, 4.69) is 32.5 Å². The molecule has 1 fully saturated rings. The lowest BCUT2D eigenvalue weighted by atomic mass is 10.1. The third kappa shape index (κ3) is 6.23. The van der Waals surface area contributed by atoms with Crippen LogP contribution >= 0.6 is 0 Å². The molecule has 1 aliphatic rings. The van der Waals surface area contributed by atoms with Gasteiger partial charge in [0.15, 0.2) is 0 Å². The summed E-state index contributed by atoms with van der Waals surface area (Å²) in [6, 6.07) is 2.92. The summed E-state index contributed by atoms with van der Waals surface area (Å²) in [7, 11) is 0. The fourth-order valence-electron chi connectivity index (χ4n) is 3.15. The van der Waals surface area contributed by atoms with Crippen LogP contribution in [0.15, 0.2) is 60.0 Å². The van der Waals surface area contributed by atoms with Crippen molar-refractivity contribution in [1.29, 1.82) is 0 Å². The normalized spacial score (nSPS) is 14.9. The molecule has 0 bridgehead atoms. The van der Waals surface area contributed by atoms with Crippen molar-refractivity contribution >= 4 is 29.4 Å². The number of aliphatic imine (C=N–C) groups is 1. The van der Waals surface area contributed by atoms with E-state index in [1.807, 2.05) is 0 Å². The predicted molar refractivity (Wildman–Crippen MR) is 122 cm³/mol. The highest BCUT2D eigenvalue weighted by molar-refractivity contribution is 6.13. The molecule has 1 saturated carbocycles. The van der Waals surface area contributed by atoms with E-state index in [4.69, 9.17) is 5.73 Å². The summed E-state index contributed by atoms with van der Waals surface area (Å²) in [4.78, 5) is 32.5. The first kappa shape index (κ1) is 26.3. The molecule has 190 valence electrons. The number of nitrogens with zero attached hydrogens (tertiary/aromatic N) is 2. The van der Waals surface area contributed by atoms with Crippen molar-refractivity contribution < 1.29 is 31.5 Å². The van der Waals surface area contributed by atoms with E-state index >= 15 is 0 Å². The molecule has 0 saturated heterocycles. The molecule has 1 aromatic carbocycles. The minimum absolute atomic E-state index is 0.0135. The van der Waals surface area contributed by atoms with Gasteiger partial charge in [-0.1, -0.05) is 6.58 Å². The zero-order valence-electron chi connectivity index (χ0n) is 18.6. The highest BCUT2D eigenvalue weighted by atomic mass is 19.4. The molecule has 0 spiro atoms. The lowest BCUT2D eigenvalue weighted by Crippen LogP contribution is -2.49. The van der Waals surface area contributed by atoms with Gasteiger partial charge in [0, 0.05) is 24.7 Å². The smallest absolute Gasteiger partial charge is 0.404 e. The van der Waals surface area contributed by atoms with Gasteiger partial charge in [0.05, 0.1) is 40.9 Å². The molecule has 0 unspecified atom stereocenters. The van der Waals surface area contributed by atoms with E-state index in [-0.39, 0.29) is 23.5 Å². The largest absolute Gasteiger partial charge is 0.418 e. The second kappa shape index (κ2) is 10.5. The first-order valence-corrected chi connectivity index (χ1v) is 10.4. The Balaban J connectivity index is 1.65. The summed E-state index contributed by atoms with van der Waals surface area (Å²) in [6.45, 7) is 3.04. The lowest BCUT2D eigenvalue weighted by molar-refractivity contribution is -0.137. The molecule has 1 aliphatic carbocycles. The third-order valence-corrected chi connectivity index (χ3v) is 5.20. The number of alkyl halides is 3. The summed E-state index contributed by atoms with van der Waals surface area (Å²) >= 11 is 0. The number of benzene rings is 1. The molecule has 0 radical (unpaired) electrons. The van der Waals surface area contributed by atoms with Crippen LogP contribution in [0.2, 0.25) is 0 Å². The van der Waals surface area contributed by atoms with Crippen molar-refractivity contribution in [2.75, 3.05) is 5.32 Å². The van der Waals surface area contributed by atoms with Gasteiger partial charge in [-0.25, -0.2) is 8.78 Å². The van der Waals surface area contributed by atoms with Crippen molar-refractivity contribution in [3.8, 4) is 0 Å².